The summed E-state index contributed by atoms with van der Waals surface area (Å²) in [4.78, 5) is 85.9. The molecule has 4 aliphatic heterocycles. The van der Waals surface area contributed by atoms with Gasteiger partial charge in [0.15, 0.2) is 17.6 Å². The second-order valence-corrected chi connectivity index (χ2v) is 20.6. The van der Waals surface area contributed by atoms with Gasteiger partial charge in [-0.25, -0.2) is 13.8 Å². The molecule has 3 saturated heterocycles. The van der Waals surface area contributed by atoms with Crippen LogP contribution in [0.4, 0.5) is 20.2 Å². The van der Waals surface area contributed by atoms with Gasteiger partial charge in [-0.05, 0) is 104 Å². The molecule has 384 valence electrons. The molecule has 74 heavy (non-hydrogen) atoms. The van der Waals surface area contributed by atoms with Gasteiger partial charge in [0.2, 0.25) is 5.78 Å². The molecule has 0 radical (unpaired) electrons. The van der Waals surface area contributed by atoms with Crippen molar-refractivity contribution < 1.29 is 55.4 Å². The SMILES string of the molecule is COCCN(CC1CCN(c2ccc(-n3cnc4ccc(Oc5c(F)ccc(NS(=O)(=O)N6CC[C@@H](F)C6)c5C#N)cc4c3=O)cc2)CC1)C1CC(Oc2ccc3c(c2)CN([C@@H]2C(=O)NC(=O)C(=O)C2=O)C3=O)C1. The van der Waals surface area contributed by atoms with Crippen LogP contribution >= 0.6 is 0 Å². The number of nitrogens with zero attached hydrogens (tertiary/aromatic N) is 7. The number of carbonyl (C=O) groups excluding carboxylic acids is 5. The lowest BCUT2D eigenvalue weighted by Gasteiger charge is -2.45. The van der Waals surface area contributed by atoms with Crippen LogP contribution in [0.1, 0.15) is 53.6 Å². The van der Waals surface area contributed by atoms with Gasteiger partial charge in [-0.2, -0.15) is 18.0 Å². The number of carbonyl (C=O) groups is 5. The molecule has 20 nitrogen and oxygen atoms in total. The number of imide groups is 1. The molecule has 0 unspecified atom stereocenters. The molecule has 4 fully saturated rings. The molecule has 1 aromatic heterocycles. The average molecular weight is 1030 g/mol. The predicted octanol–water partition coefficient (Wildman–Crippen LogP) is 3.78. The van der Waals surface area contributed by atoms with Crippen molar-refractivity contribution in [2.75, 3.05) is 62.6 Å². The third-order valence-electron chi connectivity index (χ3n) is 14.3. The van der Waals surface area contributed by atoms with E-state index in [-0.39, 0.29) is 60.6 Å². The molecule has 4 aromatic carbocycles. The van der Waals surface area contributed by atoms with E-state index in [9.17, 15) is 46.8 Å². The second kappa shape index (κ2) is 20.3. The molecule has 23 heteroatoms. The fourth-order valence-electron chi connectivity index (χ4n) is 10.2. The van der Waals surface area contributed by atoms with E-state index in [4.69, 9.17) is 14.2 Å². The van der Waals surface area contributed by atoms with Crippen LogP contribution in [0.15, 0.2) is 83.9 Å². The van der Waals surface area contributed by atoms with Crippen molar-refractivity contribution >= 4 is 61.8 Å². The summed E-state index contributed by atoms with van der Waals surface area (Å²) < 4.78 is 77.0. The van der Waals surface area contributed by atoms with Crippen LogP contribution < -0.4 is 30.0 Å². The van der Waals surface area contributed by atoms with Crippen LogP contribution in [0.5, 0.6) is 17.2 Å². The van der Waals surface area contributed by atoms with Crippen LogP contribution in [-0.2, 0) is 40.7 Å². The topological polar surface area (TPSA) is 243 Å². The van der Waals surface area contributed by atoms with Crippen LogP contribution in [-0.4, -0.2) is 139 Å². The maximum atomic E-state index is 15.2. The molecule has 2 N–H and O–H groups in total. The molecule has 1 saturated carbocycles. The first-order valence-corrected chi connectivity index (χ1v) is 25.5. The molecule has 5 aromatic rings. The van der Waals surface area contributed by atoms with E-state index in [0.717, 1.165) is 78.9 Å². The number of amides is 3. The molecule has 1 aliphatic carbocycles. The minimum atomic E-state index is -4.26. The first kappa shape index (κ1) is 49.9. The quantitative estimate of drug-likeness (QED) is 0.0812. The Kier molecular flexibility index (Phi) is 13.7. The summed E-state index contributed by atoms with van der Waals surface area (Å²) in [6.45, 7) is 3.38. The number of piperidine rings is 2. The van der Waals surface area contributed by atoms with Gasteiger partial charge < -0.3 is 24.0 Å². The lowest BCUT2D eigenvalue weighted by molar-refractivity contribution is -0.153. The Morgan fingerprint density at radius 1 is 0.919 bits per heavy atom. The molecule has 5 aliphatic rings. The zero-order chi connectivity index (χ0) is 52.0. The van der Waals surface area contributed by atoms with Crippen molar-refractivity contribution in [2.45, 2.75) is 63.0 Å². The van der Waals surface area contributed by atoms with Gasteiger partial charge >= 0.3 is 16.1 Å². The number of hydrogen-bond acceptors (Lipinski definition) is 15. The highest BCUT2D eigenvalue weighted by Gasteiger charge is 2.49. The molecular weight excluding hydrogens is 985 g/mol. The number of ketones is 2. The van der Waals surface area contributed by atoms with Crippen molar-refractivity contribution in [3.63, 3.8) is 0 Å². The highest BCUT2D eigenvalue weighted by Crippen LogP contribution is 2.37. The van der Waals surface area contributed by atoms with Crippen molar-refractivity contribution in [3.05, 3.63) is 112 Å². The summed E-state index contributed by atoms with van der Waals surface area (Å²) in [5, 5.41) is 12.0. The molecule has 3 amide bonds. The maximum Gasteiger partial charge on any atom is 0.302 e. The van der Waals surface area contributed by atoms with Crippen LogP contribution in [0.25, 0.3) is 16.6 Å². The number of ether oxygens (including phenoxy) is 3. The number of nitrogens with one attached hydrogen (secondary N) is 2. The van der Waals surface area contributed by atoms with Gasteiger partial charge in [0.05, 0.1) is 28.9 Å². The number of benzene rings is 4. The number of Topliss-reactive ketones (excluding diaryl/α,β-unsaturated/α-hetero) is 2. The van der Waals surface area contributed by atoms with E-state index in [2.05, 4.69) is 19.5 Å². The highest BCUT2D eigenvalue weighted by molar-refractivity contribution is 7.90. The Hall–Kier alpha value is -7.65. The lowest BCUT2D eigenvalue weighted by atomic mass is 9.86. The van der Waals surface area contributed by atoms with E-state index < -0.39 is 74.4 Å². The van der Waals surface area contributed by atoms with Gasteiger partial charge in [-0.15, -0.1) is 0 Å². The van der Waals surface area contributed by atoms with Crippen molar-refractivity contribution in [1.29, 1.82) is 5.26 Å². The summed E-state index contributed by atoms with van der Waals surface area (Å²) in [5.41, 5.74) is 1.59. The van der Waals surface area contributed by atoms with E-state index >= 15 is 4.39 Å². The van der Waals surface area contributed by atoms with Crippen molar-refractivity contribution in [1.82, 2.24) is 29.0 Å². The normalized spacial score (nSPS) is 21.5. The van der Waals surface area contributed by atoms with Crippen molar-refractivity contribution in [3.8, 4) is 29.0 Å². The maximum absolute atomic E-state index is 15.2. The predicted molar refractivity (Wildman–Crippen MR) is 261 cm³/mol. The third-order valence-corrected chi connectivity index (χ3v) is 15.8. The monoisotopic (exact) mass is 1030 g/mol. The standard InChI is InChI=1S/C51H49F2N9O11S/c1-71-19-18-59(34-21-37(22-34)72-35-6-8-38-30(20-35)26-61(50(38)67)44-45(63)46(64)49(66)56-48(44)65)25-29-12-15-58(16-13-29)32-2-4-33(5-3-32)62-28-55-42-10-7-36(23-39(42)51(62)68)73-47-40(24-54)43(11-9-41(47)53)57-74(69,70)60-17-14-31(52)27-60/h2-11,20,23,28-29,31,34,37,44,57H,12-19,21-22,25-27H2,1H3,(H,56,65,66)/t31-,34?,37?,44+/m1/s1. The Morgan fingerprint density at radius 2 is 1.66 bits per heavy atom. The van der Waals surface area contributed by atoms with Gasteiger partial charge in [0, 0.05) is 83.1 Å². The number of halogens is 2. The number of rotatable bonds is 16. The van der Waals surface area contributed by atoms with Gasteiger partial charge in [0.25, 0.3) is 23.2 Å². The number of methoxy groups -OCH3 is 1. The number of aromatic nitrogens is 2. The van der Waals surface area contributed by atoms with Crippen LogP contribution in [0.3, 0.4) is 0 Å². The van der Waals surface area contributed by atoms with E-state index in [1.54, 1.807) is 31.4 Å². The van der Waals surface area contributed by atoms with E-state index in [1.807, 2.05) is 29.6 Å². The molecule has 0 bridgehead atoms. The number of anilines is 2. The zero-order valence-corrected chi connectivity index (χ0v) is 40.7. The van der Waals surface area contributed by atoms with E-state index in [0.29, 0.717) is 35.0 Å². The Balaban J connectivity index is 0.737. The fraction of sp³-hybridized carbons (Fsp3) is 0.373. The number of hydrogen-bond donors (Lipinski definition) is 2. The smallest absolute Gasteiger partial charge is 0.302 e. The van der Waals surface area contributed by atoms with Crippen molar-refractivity contribution in [2.24, 2.45) is 5.92 Å². The number of alkyl halides is 1. The fourth-order valence-corrected chi connectivity index (χ4v) is 11.5. The van der Waals surface area contributed by atoms with Crippen LogP contribution in [0.2, 0.25) is 0 Å². The summed E-state index contributed by atoms with van der Waals surface area (Å²) in [6.07, 6.45) is 3.53. The molecule has 5 heterocycles. The summed E-state index contributed by atoms with van der Waals surface area (Å²) in [6, 6.07) is 19.2. The molecule has 0 spiro atoms. The summed E-state index contributed by atoms with van der Waals surface area (Å²) in [5.74, 6) is -6.04. The van der Waals surface area contributed by atoms with Gasteiger partial charge in [0.1, 0.15) is 41.7 Å². The van der Waals surface area contributed by atoms with Gasteiger partial charge in [-0.1, -0.05) is 0 Å². The average Bonchev–Trinajstić information content (AvgIpc) is 3.97. The summed E-state index contributed by atoms with van der Waals surface area (Å²) in [7, 11) is -2.58. The Labute approximate surface area is 422 Å². The van der Waals surface area contributed by atoms with Crippen LogP contribution in [0, 0.1) is 23.1 Å². The molecule has 10 rings (SSSR count). The minimum absolute atomic E-state index is 0.00448. The minimum Gasteiger partial charge on any atom is -0.490 e. The van der Waals surface area contributed by atoms with E-state index in [1.165, 1.54) is 29.1 Å². The zero-order valence-electron chi connectivity index (χ0n) is 39.9. The number of nitriles is 1. The highest BCUT2D eigenvalue weighted by atomic mass is 32.2. The Bertz CT molecular complexity index is 3320. The summed E-state index contributed by atoms with van der Waals surface area (Å²) >= 11 is 0. The second-order valence-electron chi connectivity index (χ2n) is 18.9. The molecule has 2 atom stereocenters. The molecular formula is C51H49F2N9O11S. The largest absolute Gasteiger partial charge is 0.490 e. The Morgan fingerprint density at radius 3 is 2.38 bits per heavy atom. The lowest BCUT2D eigenvalue weighted by Crippen LogP contribution is -2.62. The number of fused-ring (bicyclic) bond motifs is 2. The first-order chi connectivity index (χ1) is 35.6. The third kappa shape index (κ3) is 9.80. The van der Waals surface area contributed by atoms with Gasteiger partial charge in [-0.3, -0.25) is 48.3 Å². The first-order valence-electron chi connectivity index (χ1n) is 24.0.